The average Bonchev–Trinajstić information content (AvgIpc) is 1.53. The number of carbonyl (C=O) groups excluding carboxylic acids is 12. The summed E-state index contributed by atoms with van der Waals surface area (Å²) in [6.07, 6.45) is 0.415. The molecule has 4 aliphatic rings. The van der Waals surface area contributed by atoms with E-state index in [0.29, 0.717) is 133 Å². The Morgan fingerprint density at radius 3 is 1.59 bits per heavy atom. The van der Waals surface area contributed by atoms with Crippen molar-refractivity contribution in [2.24, 2.45) is 0 Å². The number of methoxy groups -OCH3 is 1. The lowest BCUT2D eigenvalue weighted by Gasteiger charge is -2.31. The predicted octanol–water partition coefficient (Wildman–Crippen LogP) is 1.88. The monoisotopic (exact) mass is 1790 g/mol. The first-order valence-electron chi connectivity index (χ1n) is 41.5. The van der Waals surface area contributed by atoms with Crippen LogP contribution in [-0.2, 0) is 135 Å². The number of fused-ring (bicyclic) bond motifs is 5. The van der Waals surface area contributed by atoms with Crippen molar-refractivity contribution in [3.05, 3.63) is 103 Å². The molecular formula is C83H109F6N11O26. The third kappa shape index (κ3) is 28.8. The van der Waals surface area contributed by atoms with Gasteiger partial charge in [0, 0.05) is 80.7 Å². The number of pyridine rings is 2. The molecule has 0 saturated carbocycles. The van der Waals surface area contributed by atoms with E-state index in [1.807, 2.05) is 0 Å². The van der Waals surface area contributed by atoms with Crippen LogP contribution < -0.4 is 52.8 Å². The average molecular weight is 1790 g/mol. The second-order valence-electron chi connectivity index (χ2n) is 29.7. The summed E-state index contributed by atoms with van der Waals surface area (Å²) in [5, 5.41) is 32.4. The van der Waals surface area contributed by atoms with Gasteiger partial charge in [-0.2, -0.15) is 8.78 Å². The molecule has 2 aromatic carbocycles. The molecule has 0 fully saturated rings. The topological polar surface area (TPSA) is 470 Å². The van der Waals surface area contributed by atoms with E-state index in [2.05, 4.69) is 47.3 Å². The second kappa shape index (κ2) is 50.8. The number of aryl methyl sites for hydroxylation is 1. The summed E-state index contributed by atoms with van der Waals surface area (Å²) in [6.45, 7) is 12.8. The van der Waals surface area contributed by atoms with Crippen LogP contribution in [0.3, 0.4) is 0 Å². The van der Waals surface area contributed by atoms with Gasteiger partial charge in [-0.3, -0.25) is 62.4 Å². The predicted molar refractivity (Wildman–Crippen MR) is 430 cm³/mol. The van der Waals surface area contributed by atoms with Gasteiger partial charge in [0.05, 0.1) is 154 Å². The minimum absolute atomic E-state index is 0.0244. The number of ether oxygens (including phenoxy) is 12. The van der Waals surface area contributed by atoms with E-state index in [0.717, 1.165) is 24.0 Å². The Hall–Kier alpha value is -10.5. The summed E-state index contributed by atoms with van der Waals surface area (Å²) in [5.41, 5.74) is 0.0509. The Bertz CT molecular complexity index is 4570. The van der Waals surface area contributed by atoms with Crippen LogP contribution in [0.15, 0.2) is 29.1 Å². The molecule has 0 radical (unpaired) electrons. The zero-order chi connectivity index (χ0) is 91.6. The van der Waals surface area contributed by atoms with Crippen LogP contribution >= 0.6 is 0 Å². The molecule has 0 saturated heterocycles. The number of aliphatic hydroxyl groups is 1. The van der Waals surface area contributed by atoms with Crippen LogP contribution in [0.25, 0.3) is 22.3 Å². The van der Waals surface area contributed by atoms with E-state index in [4.69, 9.17) is 57.1 Å². The van der Waals surface area contributed by atoms with Gasteiger partial charge < -0.3 is 109 Å². The number of hydrogen-bond acceptors (Lipinski definition) is 27. The fourth-order valence-electron chi connectivity index (χ4n) is 13.8. The summed E-state index contributed by atoms with van der Waals surface area (Å²) >= 11 is 0. The number of halogens is 6. The molecule has 1 aliphatic carbocycles. The molecule has 5 heterocycles. The highest BCUT2D eigenvalue weighted by atomic mass is 19.2. The molecule has 10 amide bonds. The van der Waals surface area contributed by atoms with Crippen molar-refractivity contribution in [1.29, 1.82) is 0 Å². The quantitative estimate of drug-likeness (QED) is 0.00510. The number of cyclic esters (lactones) is 1. The summed E-state index contributed by atoms with van der Waals surface area (Å²) < 4.78 is 152. The third-order valence-corrected chi connectivity index (χ3v) is 20.7. The van der Waals surface area contributed by atoms with E-state index in [-0.39, 0.29) is 132 Å². The van der Waals surface area contributed by atoms with Crippen molar-refractivity contribution in [1.82, 2.24) is 57.0 Å². The van der Waals surface area contributed by atoms with E-state index in [1.165, 1.54) is 30.5 Å². The molecule has 694 valence electrons. The highest BCUT2D eigenvalue weighted by molar-refractivity contribution is 6.13. The number of rotatable bonds is 58. The molecule has 8 rings (SSSR count). The van der Waals surface area contributed by atoms with E-state index in [1.54, 1.807) is 21.0 Å². The maximum Gasteiger partial charge on any atom is 0.343 e. The van der Waals surface area contributed by atoms with E-state index in [9.17, 15) is 89.4 Å². The minimum atomic E-state index is -2.56. The lowest BCUT2D eigenvalue weighted by atomic mass is 9.81. The highest BCUT2D eigenvalue weighted by Gasteiger charge is 2.47. The first-order valence-corrected chi connectivity index (χ1v) is 41.5. The first-order chi connectivity index (χ1) is 60.4. The van der Waals surface area contributed by atoms with Gasteiger partial charge in [0.25, 0.3) is 17.4 Å². The normalized spacial score (nSPS) is 16.1. The number of aromatic nitrogens is 2. The van der Waals surface area contributed by atoms with Gasteiger partial charge >= 0.3 is 11.9 Å². The molecule has 0 unspecified atom stereocenters. The lowest BCUT2D eigenvalue weighted by molar-refractivity contribution is -0.172. The number of imide groups is 1. The largest absolute Gasteiger partial charge is 0.458 e. The Morgan fingerprint density at radius 1 is 0.556 bits per heavy atom. The van der Waals surface area contributed by atoms with Crippen molar-refractivity contribution in [2.45, 2.75) is 167 Å². The van der Waals surface area contributed by atoms with E-state index >= 15 is 4.39 Å². The number of hydrogen-bond donors (Lipinski definition) is 9. The molecule has 126 heavy (non-hydrogen) atoms. The summed E-state index contributed by atoms with van der Waals surface area (Å²) in [7, 11) is 1.61. The van der Waals surface area contributed by atoms with Gasteiger partial charge in [0.1, 0.15) is 49.2 Å². The standard InChI is InChI=1S/C83H109F6N11O26/c1-7-83(114)54-42-60-74-52(44-100(60)81(112)53(54)45-125-82(83)113)68-56(16-15-51-47(2)55(84)43-59(97-74)67(51)68)98-78(109)50(5)93-76(107)48(3)92-77(108)49(4)94-80(111)58(17-20-66(106)126-75-72(88)70(86)69(85)71(87)73(75)89)96-61(101)13-10-22-91-79(110)57(95-62(102)14-11-23-99-64(104)18-19-65(99)105)12-8-9-21-90-63(103)46-124-41-40-123-39-38-122-37-36-121-35-34-120-33-32-119-31-30-118-29-28-117-27-26-116-25-24-115-6/h18-19,42-43,48-50,56-58,114H,7-17,20-41,44-46H2,1-6H3,(H,90,103)(H,91,110)(H,92,108)(H,93,107)(H,94,111)(H,95,102)(H,96,101)(H,98,109)/t48-,49-,50-,56-,57-,58-,83-/m0/s1. The number of carbonyl (C=O) groups is 12. The Kier molecular flexibility index (Phi) is 40.7. The summed E-state index contributed by atoms with van der Waals surface area (Å²) in [4.78, 5) is 179. The van der Waals surface area contributed by atoms with E-state index < -0.39 is 185 Å². The van der Waals surface area contributed by atoms with Crippen LogP contribution in [-0.4, -0.2) is 273 Å². The van der Waals surface area contributed by atoms with Gasteiger partial charge in [-0.1, -0.05) is 6.92 Å². The zero-order valence-electron chi connectivity index (χ0n) is 71.0. The lowest BCUT2D eigenvalue weighted by Crippen LogP contribution is -2.56. The maximum absolute atomic E-state index is 15.6. The van der Waals surface area contributed by atoms with Crippen LogP contribution in [0.5, 0.6) is 5.75 Å². The van der Waals surface area contributed by atoms with Gasteiger partial charge in [-0.05, 0) is 108 Å². The number of benzene rings is 2. The number of nitrogens with zero attached hydrogens (tertiary/aromatic N) is 3. The molecule has 0 spiro atoms. The molecule has 2 aromatic heterocycles. The van der Waals surface area contributed by atoms with Gasteiger partial charge in [0.2, 0.25) is 82.1 Å². The molecule has 9 N–H and O–H groups in total. The third-order valence-electron chi connectivity index (χ3n) is 20.7. The number of amides is 10. The number of esters is 2. The van der Waals surface area contributed by atoms with Crippen LogP contribution in [0.1, 0.15) is 138 Å². The smallest absolute Gasteiger partial charge is 0.343 e. The van der Waals surface area contributed by atoms with Crippen molar-refractivity contribution < 1.29 is 146 Å². The minimum Gasteiger partial charge on any atom is -0.458 e. The van der Waals surface area contributed by atoms with Gasteiger partial charge in [-0.15, -0.1) is 0 Å². The van der Waals surface area contributed by atoms with Crippen LogP contribution in [0, 0.1) is 41.8 Å². The van der Waals surface area contributed by atoms with Crippen molar-refractivity contribution in [3.8, 4) is 17.1 Å². The summed E-state index contributed by atoms with van der Waals surface area (Å²) in [5.74, 6) is -25.3. The molecule has 0 bridgehead atoms. The number of nitrogens with one attached hydrogen (secondary N) is 8. The maximum atomic E-state index is 15.6. The van der Waals surface area contributed by atoms with Crippen LogP contribution in [0.4, 0.5) is 26.3 Å². The second-order valence-corrected chi connectivity index (χ2v) is 29.7. The van der Waals surface area contributed by atoms with Crippen molar-refractivity contribution in [3.63, 3.8) is 0 Å². The zero-order valence-corrected chi connectivity index (χ0v) is 71.0. The SMILES string of the molecule is CC[C@@]1(O)C(=O)OCc2c1cc1n(c2=O)Cc2c-1nc1cc(F)c(C)c3c1c2[C@@H](NC(=O)[C@H](C)NC(=O)[C@H](C)NC(=O)[C@H](C)NC(=O)[C@H](CCC(=O)Oc1c(F)c(F)c(F)c(F)c1F)NC(=O)CCCNC(=O)[C@H](CCCCNC(=O)COCCOCCOCCOCCOCCOCCOCCOCCOCCOC)NC(=O)CCCN1C(=O)C=CC1=O)CC3. The molecule has 3 aliphatic heterocycles. The molecule has 37 nitrogen and oxygen atoms in total. The highest BCUT2D eigenvalue weighted by Crippen LogP contribution is 2.46. The summed E-state index contributed by atoms with van der Waals surface area (Å²) in [6, 6.07) is -5.47. The molecular weight excluding hydrogens is 1680 g/mol. The fraction of sp³-hybridized carbons (Fsp3) is 0.590. The first kappa shape index (κ1) is 101. The van der Waals surface area contributed by atoms with Crippen LogP contribution in [0.2, 0.25) is 0 Å². The fourth-order valence-corrected chi connectivity index (χ4v) is 13.8. The van der Waals surface area contributed by atoms with Crippen molar-refractivity contribution >= 4 is 81.9 Å². The molecule has 4 aromatic rings. The molecule has 43 heteroatoms. The Morgan fingerprint density at radius 2 is 1.05 bits per heavy atom. The van der Waals surface area contributed by atoms with Gasteiger partial charge in [0.15, 0.2) is 5.60 Å². The Labute approximate surface area is 721 Å². The number of unbranched alkanes of at least 4 members (excludes halogenated alkanes) is 1. The van der Waals surface area contributed by atoms with Crippen molar-refractivity contribution in [2.75, 3.05) is 152 Å². The molecule has 7 atom stereocenters. The van der Waals surface area contributed by atoms with Gasteiger partial charge in [-0.25, -0.2) is 27.3 Å². The Balaban J connectivity index is 0.768.